The molecule has 0 spiro atoms. The topological polar surface area (TPSA) is 176 Å². The predicted molar refractivity (Wildman–Crippen MR) is 307 cm³/mol. The van der Waals surface area contributed by atoms with Gasteiger partial charge in [-0.05, 0) is 71.0 Å². The smallest absolute Gasteiger partial charge is 0.325 e. The number of hydrogen-bond donors (Lipinski definition) is 5. The highest BCUT2D eigenvalue weighted by molar-refractivity contribution is 8.00. The summed E-state index contributed by atoms with van der Waals surface area (Å²) in [6.07, 6.45) is 5.75. The Morgan fingerprint density at radius 3 is 1.48 bits per heavy atom. The first kappa shape index (κ1) is 56.9. The van der Waals surface area contributed by atoms with E-state index in [-0.39, 0.29) is 18.6 Å². The highest BCUT2D eigenvalue weighted by atomic mass is 32.2. The van der Waals surface area contributed by atoms with Gasteiger partial charge in [0.2, 0.25) is 23.6 Å². The number of carbonyl (C=O) groups excluding carboxylic acids is 5. The number of thioether (sulfide) groups is 2. The molecule has 1 aromatic heterocycles. The molecule has 4 amide bonds. The fourth-order valence-electron chi connectivity index (χ4n) is 9.11. The highest BCUT2D eigenvalue weighted by Gasteiger charge is 2.41. The van der Waals surface area contributed by atoms with Crippen molar-refractivity contribution in [3.8, 4) is 0 Å². The number of nitrogens with one attached hydrogen (secondary N) is 4. The van der Waals surface area contributed by atoms with Crippen molar-refractivity contribution in [3.05, 3.63) is 258 Å². The molecule has 0 aliphatic rings. The average Bonchev–Trinajstić information content (AvgIpc) is 3.50. The Morgan fingerprint density at radius 2 is 1.05 bits per heavy atom. The predicted octanol–water partition coefficient (Wildman–Crippen LogP) is 8.93. The number of hydrogen-bond acceptors (Lipinski definition) is 10. The summed E-state index contributed by atoms with van der Waals surface area (Å²) in [4.78, 5) is 73.1. The van der Waals surface area contributed by atoms with E-state index in [0.717, 1.165) is 33.4 Å². The minimum Gasteiger partial charge on any atom is -0.468 e. The Bertz CT molecular complexity index is 2820. The van der Waals surface area contributed by atoms with E-state index in [1.165, 1.54) is 32.7 Å². The third-order valence-electron chi connectivity index (χ3n) is 13.0. The quantitative estimate of drug-likeness (QED) is 0.0152. The van der Waals surface area contributed by atoms with Crippen molar-refractivity contribution in [1.82, 2.24) is 26.3 Å². The molecule has 77 heavy (non-hydrogen) atoms. The van der Waals surface area contributed by atoms with Gasteiger partial charge in [0.1, 0.15) is 24.2 Å². The normalized spacial score (nSPS) is 12.9. The van der Waals surface area contributed by atoms with Crippen LogP contribution in [0.5, 0.6) is 0 Å². The van der Waals surface area contributed by atoms with Crippen LogP contribution in [0.25, 0.3) is 0 Å². The molecule has 3 atom stereocenters. The number of amides is 4. The Hall–Kier alpha value is -7.78. The lowest BCUT2D eigenvalue weighted by Gasteiger charge is -2.37. The molecule has 3 unspecified atom stereocenters. The molecule has 0 aliphatic heterocycles. The minimum absolute atomic E-state index is 0.00541. The van der Waals surface area contributed by atoms with Crippen molar-refractivity contribution in [1.29, 1.82) is 0 Å². The zero-order chi connectivity index (χ0) is 54.5. The number of benzene rings is 6. The van der Waals surface area contributed by atoms with Crippen LogP contribution in [0.4, 0.5) is 0 Å². The number of carbonyl (C=O) groups is 5. The number of aliphatic hydroxyl groups is 1. The van der Waals surface area contributed by atoms with Crippen LogP contribution in [0.15, 0.2) is 219 Å². The molecule has 1 heterocycles. The first-order valence-corrected chi connectivity index (χ1v) is 27.4. The third kappa shape index (κ3) is 15.0. The first-order chi connectivity index (χ1) is 37.4. The van der Waals surface area contributed by atoms with Crippen LogP contribution in [-0.2, 0) is 44.6 Å². The summed E-state index contributed by atoms with van der Waals surface area (Å²) in [7, 11) is 1.20. The van der Waals surface area contributed by atoms with Crippen LogP contribution in [-0.4, -0.2) is 88.6 Å². The fraction of sp³-hybridized carbons (Fsp3) is 0.238. The molecular formula is C63H65N5O7S2. The molecule has 0 fully saturated rings. The number of aliphatic hydroxyl groups excluding tert-OH is 1. The number of pyridine rings is 1. The van der Waals surface area contributed by atoms with Crippen molar-refractivity contribution in [2.75, 3.05) is 25.2 Å². The number of methoxy groups -OCH3 is 1. The number of nitrogens with zero attached hydrogens (tertiary/aromatic N) is 1. The van der Waals surface area contributed by atoms with Crippen LogP contribution < -0.4 is 21.3 Å². The molecule has 7 rings (SSSR count). The second-order valence-electron chi connectivity index (χ2n) is 18.8. The van der Waals surface area contributed by atoms with Gasteiger partial charge in [0.15, 0.2) is 0 Å². The van der Waals surface area contributed by atoms with Crippen LogP contribution in [0.1, 0.15) is 65.6 Å². The standard InChI is InChI=1S/C63H65N5O7S2/c1-61(2,60(74)65-44-57(71)75-3)68-59(73)55(45-77-63(50-32-16-7-17-33-50,51-34-18-8-19-35-51)52-36-20-9-21-37-52)67-58(72)54(41-46-25-24-39-64-43-46)66-56(70)42-53(69)38-22-23-40-76-62(47-26-10-4-11-27-47,48-28-12-5-13-29-48)49-30-14-6-15-31-49/h4-22,24-39,43,53-55,69H,23,40-42,44-45H2,1-3H3,(H,65,74)(H,66,70)(H,67,72)(H,68,73). The van der Waals surface area contributed by atoms with Gasteiger partial charge in [-0.2, -0.15) is 0 Å². The Kier molecular flexibility index (Phi) is 20.6. The molecule has 0 radical (unpaired) electrons. The molecule has 0 bridgehead atoms. The van der Waals surface area contributed by atoms with Gasteiger partial charge in [-0.1, -0.05) is 200 Å². The van der Waals surface area contributed by atoms with Gasteiger partial charge in [0.05, 0.1) is 29.1 Å². The van der Waals surface area contributed by atoms with E-state index in [1.807, 2.05) is 152 Å². The number of esters is 1. The summed E-state index contributed by atoms with van der Waals surface area (Å²) >= 11 is 3.22. The summed E-state index contributed by atoms with van der Waals surface area (Å²) in [5, 5.41) is 22.4. The van der Waals surface area contributed by atoms with Crippen molar-refractivity contribution in [3.63, 3.8) is 0 Å². The van der Waals surface area contributed by atoms with Crippen molar-refractivity contribution in [2.24, 2.45) is 0 Å². The van der Waals surface area contributed by atoms with Crippen molar-refractivity contribution < 1.29 is 33.8 Å². The van der Waals surface area contributed by atoms with E-state index >= 15 is 0 Å². The summed E-state index contributed by atoms with van der Waals surface area (Å²) in [5.41, 5.74) is 5.26. The molecule has 7 aromatic rings. The maximum Gasteiger partial charge on any atom is 0.325 e. The van der Waals surface area contributed by atoms with Gasteiger partial charge in [0, 0.05) is 24.6 Å². The largest absolute Gasteiger partial charge is 0.468 e. The molecule has 396 valence electrons. The summed E-state index contributed by atoms with van der Waals surface area (Å²) < 4.78 is 3.28. The SMILES string of the molecule is COC(=O)CNC(=O)C(C)(C)NC(=O)C(CSC(c1ccccc1)(c1ccccc1)c1ccccc1)NC(=O)C(Cc1cccnc1)NC(=O)CC(O)C=CCCSC(c1ccccc1)(c1ccccc1)c1ccccc1. The molecule has 5 N–H and O–H groups in total. The van der Waals surface area contributed by atoms with Crippen LogP contribution in [0.3, 0.4) is 0 Å². The highest BCUT2D eigenvalue weighted by Crippen LogP contribution is 2.50. The van der Waals surface area contributed by atoms with Gasteiger partial charge in [-0.3, -0.25) is 29.0 Å². The van der Waals surface area contributed by atoms with Crippen LogP contribution in [0, 0.1) is 0 Å². The van der Waals surface area contributed by atoms with Gasteiger partial charge < -0.3 is 31.1 Å². The summed E-state index contributed by atoms with van der Waals surface area (Å²) in [6.45, 7) is 2.56. The van der Waals surface area contributed by atoms with E-state index in [1.54, 1.807) is 42.4 Å². The molecular weight excluding hydrogens is 1000 g/mol. The van der Waals surface area contributed by atoms with E-state index in [2.05, 4.69) is 62.6 Å². The monoisotopic (exact) mass is 1070 g/mol. The van der Waals surface area contributed by atoms with Gasteiger partial charge in [0.25, 0.3) is 0 Å². The Labute approximate surface area is 459 Å². The van der Waals surface area contributed by atoms with Gasteiger partial charge >= 0.3 is 5.97 Å². The number of rotatable bonds is 26. The second kappa shape index (κ2) is 27.8. The fourth-order valence-corrected chi connectivity index (χ4v) is 12.1. The number of aromatic nitrogens is 1. The van der Waals surface area contributed by atoms with Gasteiger partial charge in [-0.15, -0.1) is 23.5 Å². The van der Waals surface area contributed by atoms with E-state index in [4.69, 9.17) is 4.74 Å². The van der Waals surface area contributed by atoms with E-state index < -0.39 is 69.4 Å². The Balaban J connectivity index is 1.11. The third-order valence-corrected chi connectivity index (χ3v) is 16.2. The zero-order valence-corrected chi connectivity index (χ0v) is 45.1. The second-order valence-corrected chi connectivity index (χ2v) is 21.4. The van der Waals surface area contributed by atoms with Gasteiger partial charge in [-0.25, -0.2) is 0 Å². The number of allylic oxidation sites excluding steroid dienone is 1. The van der Waals surface area contributed by atoms with E-state index in [9.17, 15) is 29.1 Å². The minimum atomic E-state index is -1.56. The van der Waals surface area contributed by atoms with E-state index in [0.29, 0.717) is 17.7 Å². The maximum atomic E-state index is 14.8. The Morgan fingerprint density at radius 1 is 0.597 bits per heavy atom. The molecule has 0 saturated heterocycles. The number of ether oxygens (including phenoxy) is 1. The summed E-state index contributed by atoms with van der Waals surface area (Å²) in [5.74, 6) is -2.62. The van der Waals surface area contributed by atoms with Crippen LogP contribution >= 0.6 is 23.5 Å². The molecule has 0 saturated carbocycles. The lowest BCUT2D eigenvalue weighted by molar-refractivity contribution is -0.142. The van der Waals surface area contributed by atoms with Crippen molar-refractivity contribution >= 4 is 53.1 Å². The zero-order valence-electron chi connectivity index (χ0n) is 43.4. The lowest BCUT2D eigenvalue weighted by Crippen LogP contribution is -2.61. The molecule has 0 aliphatic carbocycles. The maximum absolute atomic E-state index is 14.8. The molecule has 14 heteroatoms. The lowest BCUT2D eigenvalue weighted by atomic mass is 9.84. The van der Waals surface area contributed by atoms with Crippen molar-refractivity contribution in [2.45, 2.75) is 66.3 Å². The molecule has 6 aromatic carbocycles. The van der Waals surface area contributed by atoms with Crippen LogP contribution in [0.2, 0.25) is 0 Å². The average molecular weight is 1070 g/mol. The summed E-state index contributed by atoms with van der Waals surface area (Å²) in [6, 6.07) is 61.8. The molecule has 12 nitrogen and oxygen atoms in total. The first-order valence-electron chi connectivity index (χ1n) is 25.5.